The average molecular weight is 225 g/mol. The van der Waals surface area contributed by atoms with E-state index in [2.05, 4.69) is 0 Å². The second-order valence-electron chi connectivity index (χ2n) is 4.03. The lowest BCUT2D eigenvalue weighted by Gasteiger charge is -2.10. The number of benzene rings is 3. The number of halogens is 1. The van der Waals surface area contributed by atoms with Crippen molar-refractivity contribution in [2.45, 2.75) is 6.61 Å². The van der Waals surface area contributed by atoms with E-state index in [1.807, 2.05) is 12.1 Å². The topological polar surface area (TPSA) is 19.9 Å². The van der Waals surface area contributed by atoms with Crippen LogP contribution >= 0.6 is 0 Å². The van der Waals surface area contributed by atoms with Crippen LogP contribution in [0.4, 0.5) is 4.39 Å². The molecule has 1 radical (unpaired) electrons. The number of hydrogen-bond donors (Lipinski definition) is 0. The van der Waals surface area contributed by atoms with Gasteiger partial charge in [0.15, 0.2) is 0 Å². The summed E-state index contributed by atoms with van der Waals surface area (Å²) in [5, 5.41) is 13.8. The van der Waals surface area contributed by atoms with Crippen molar-refractivity contribution in [1.29, 1.82) is 0 Å². The van der Waals surface area contributed by atoms with Crippen LogP contribution in [0, 0.1) is 5.82 Å². The van der Waals surface area contributed by atoms with Gasteiger partial charge < -0.3 is 0 Å². The summed E-state index contributed by atoms with van der Waals surface area (Å²) in [4.78, 5) is 0. The monoisotopic (exact) mass is 225 g/mol. The van der Waals surface area contributed by atoms with Crippen molar-refractivity contribution < 1.29 is 9.50 Å². The molecule has 3 aromatic carbocycles. The normalized spacial score (nSPS) is 11.2. The van der Waals surface area contributed by atoms with Crippen molar-refractivity contribution in [2.24, 2.45) is 0 Å². The molecule has 1 nitrogen and oxygen atoms in total. The predicted octanol–water partition coefficient (Wildman–Crippen LogP) is 4.06. The Morgan fingerprint density at radius 2 is 1.18 bits per heavy atom. The molecule has 83 valence electrons. The predicted molar refractivity (Wildman–Crippen MR) is 65.8 cm³/mol. The standard InChI is InChI=1S/C15H10FO/c16-15-12-7-3-1-5-10(12)14(9-17)11-6-2-4-8-13(11)15/h1-8H,9H2. The van der Waals surface area contributed by atoms with E-state index in [0.29, 0.717) is 16.3 Å². The third-order valence-electron chi connectivity index (χ3n) is 3.12. The molecule has 0 aliphatic carbocycles. The van der Waals surface area contributed by atoms with E-state index in [4.69, 9.17) is 0 Å². The van der Waals surface area contributed by atoms with Gasteiger partial charge in [-0.1, -0.05) is 48.5 Å². The molecule has 0 amide bonds. The summed E-state index contributed by atoms with van der Waals surface area (Å²) in [7, 11) is 0. The molecule has 0 N–H and O–H groups in total. The van der Waals surface area contributed by atoms with Crippen LogP contribution in [0.25, 0.3) is 21.5 Å². The second kappa shape index (κ2) is 3.82. The molecule has 0 unspecified atom stereocenters. The lowest BCUT2D eigenvalue weighted by molar-refractivity contribution is 0.180. The molecular formula is C15H10FO. The van der Waals surface area contributed by atoms with Crippen LogP contribution in [0.5, 0.6) is 0 Å². The lowest BCUT2D eigenvalue weighted by atomic mass is 9.96. The van der Waals surface area contributed by atoms with Gasteiger partial charge in [0.1, 0.15) is 12.4 Å². The van der Waals surface area contributed by atoms with Gasteiger partial charge in [0.05, 0.1) is 0 Å². The Balaban J connectivity index is 2.63. The van der Waals surface area contributed by atoms with Crippen LogP contribution in [0.15, 0.2) is 48.5 Å². The Bertz CT molecular complexity index is 647. The number of fused-ring (bicyclic) bond motifs is 2. The second-order valence-corrected chi connectivity index (χ2v) is 4.03. The highest BCUT2D eigenvalue weighted by Crippen LogP contribution is 2.31. The molecule has 0 bridgehead atoms. The fraction of sp³-hybridized carbons (Fsp3) is 0.0667. The van der Waals surface area contributed by atoms with Gasteiger partial charge >= 0.3 is 0 Å². The molecule has 17 heavy (non-hydrogen) atoms. The zero-order chi connectivity index (χ0) is 11.8. The maximum atomic E-state index is 14.3. The van der Waals surface area contributed by atoms with Crippen molar-refractivity contribution in [3.8, 4) is 0 Å². The first-order valence-electron chi connectivity index (χ1n) is 5.49. The van der Waals surface area contributed by atoms with Gasteiger partial charge in [0, 0.05) is 10.8 Å². The third kappa shape index (κ3) is 1.41. The van der Waals surface area contributed by atoms with Gasteiger partial charge in [-0.25, -0.2) is 9.50 Å². The molecule has 0 atom stereocenters. The fourth-order valence-corrected chi connectivity index (χ4v) is 2.32. The fourth-order valence-electron chi connectivity index (χ4n) is 2.32. The lowest BCUT2D eigenvalue weighted by Crippen LogP contribution is -1.92. The summed E-state index contributed by atoms with van der Waals surface area (Å²) >= 11 is 0. The highest BCUT2D eigenvalue weighted by molar-refractivity contribution is 6.02. The summed E-state index contributed by atoms with van der Waals surface area (Å²) < 4.78 is 14.3. The van der Waals surface area contributed by atoms with Crippen molar-refractivity contribution >= 4 is 21.5 Å². The van der Waals surface area contributed by atoms with E-state index in [-0.39, 0.29) is 12.4 Å². The van der Waals surface area contributed by atoms with E-state index in [1.54, 1.807) is 36.4 Å². The van der Waals surface area contributed by atoms with Gasteiger partial charge in [-0.05, 0) is 16.3 Å². The summed E-state index contributed by atoms with van der Waals surface area (Å²) in [6.07, 6.45) is 0. The highest BCUT2D eigenvalue weighted by Gasteiger charge is 2.12. The minimum Gasteiger partial charge on any atom is -0.232 e. The first-order valence-corrected chi connectivity index (χ1v) is 5.49. The van der Waals surface area contributed by atoms with Crippen molar-refractivity contribution in [1.82, 2.24) is 0 Å². The Labute approximate surface area is 98.1 Å². The van der Waals surface area contributed by atoms with Gasteiger partial charge in [-0.15, -0.1) is 0 Å². The highest BCUT2D eigenvalue weighted by atomic mass is 19.1. The molecule has 0 aromatic heterocycles. The quantitative estimate of drug-likeness (QED) is 0.556. The molecule has 0 aliphatic heterocycles. The molecule has 3 aromatic rings. The molecule has 0 spiro atoms. The van der Waals surface area contributed by atoms with E-state index in [1.165, 1.54) is 0 Å². The van der Waals surface area contributed by atoms with Crippen LogP contribution in [0.1, 0.15) is 5.56 Å². The summed E-state index contributed by atoms with van der Waals surface area (Å²) in [5.41, 5.74) is 0.678. The summed E-state index contributed by atoms with van der Waals surface area (Å²) in [6, 6.07) is 14.3. The molecule has 0 saturated carbocycles. The first kappa shape index (κ1) is 10.2. The Morgan fingerprint density at radius 1 is 0.765 bits per heavy atom. The van der Waals surface area contributed by atoms with Crippen molar-refractivity contribution in [3.63, 3.8) is 0 Å². The van der Waals surface area contributed by atoms with Gasteiger partial charge in [-0.3, -0.25) is 0 Å². The smallest absolute Gasteiger partial charge is 0.138 e. The minimum absolute atomic E-state index is 0.242. The minimum atomic E-state index is -0.332. The van der Waals surface area contributed by atoms with E-state index < -0.39 is 0 Å². The van der Waals surface area contributed by atoms with Crippen LogP contribution in [0.2, 0.25) is 0 Å². The Morgan fingerprint density at radius 3 is 1.59 bits per heavy atom. The zero-order valence-electron chi connectivity index (χ0n) is 9.11. The van der Waals surface area contributed by atoms with E-state index >= 15 is 0 Å². The Hall–Kier alpha value is -1.93. The first-order chi connectivity index (χ1) is 8.33. The zero-order valence-corrected chi connectivity index (χ0v) is 9.11. The van der Waals surface area contributed by atoms with E-state index in [0.717, 1.165) is 10.8 Å². The Kier molecular flexibility index (Phi) is 2.30. The van der Waals surface area contributed by atoms with Crippen LogP contribution in [-0.2, 0) is 11.7 Å². The maximum Gasteiger partial charge on any atom is 0.138 e. The largest absolute Gasteiger partial charge is 0.232 e. The molecule has 0 aliphatic rings. The molecular weight excluding hydrogens is 215 g/mol. The summed E-state index contributed by atoms with van der Waals surface area (Å²) in [6.45, 7) is -0.332. The molecule has 0 fully saturated rings. The average Bonchev–Trinajstić information content (AvgIpc) is 2.40. The molecule has 0 saturated heterocycles. The van der Waals surface area contributed by atoms with Gasteiger partial charge in [0.2, 0.25) is 0 Å². The summed E-state index contributed by atoms with van der Waals surface area (Å²) in [5.74, 6) is -0.242. The third-order valence-corrected chi connectivity index (χ3v) is 3.12. The van der Waals surface area contributed by atoms with Gasteiger partial charge in [0.25, 0.3) is 0 Å². The molecule has 3 rings (SSSR count). The molecule has 2 heteroatoms. The maximum absolute atomic E-state index is 14.3. The molecule has 0 heterocycles. The SMILES string of the molecule is [O]Cc1c2ccccc2c(F)c2ccccc12. The van der Waals surface area contributed by atoms with E-state index in [9.17, 15) is 9.50 Å². The number of hydrogen-bond acceptors (Lipinski definition) is 0. The van der Waals surface area contributed by atoms with Crippen molar-refractivity contribution in [3.05, 3.63) is 59.9 Å². The van der Waals surface area contributed by atoms with Crippen LogP contribution in [0.3, 0.4) is 0 Å². The number of rotatable bonds is 1. The van der Waals surface area contributed by atoms with Crippen LogP contribution in [-0.4, -0.2) is 0 Å². The van der Waals surface area contributed by atoms with Gasteiger partial charge in [-0.2, -0.15) is 0 Å². The van der Waals surface area contributed by atoms with Crippen LogP contribution < -0.4 is 0 Å². The van der Waals surface area contributed by atoms with Crippen molar-refractivity contribution in [2.75, 3.05) is 0 Å².